The third-order valence-corrected chi connectivity index (χ3v) is 6.74. The van der Waals surface area contributed by atoms with Gasteiger partial charge in [-0.1, -0.05) is 23.7 Å². The Morgan fingerprint density at radius 3 is 2.56 bits per heavy atom. The van der Waals surface area contributed by atoms with Crippen molar-refractivity contribution in [3.8, 4) is 11.4 Å². The standard InChI is InChI=1S/C25H26ClN7O/c1-15-13-33(14-16(2)32(15)3)22-9-8-17(11-27-22)25(34)29-18-10-19(23(26)28-12-18)24-30-20-6-4-5-7-21(20)31-24/h4-12,15-16H,13-14H2,1-3H3,(H,29,34)(H,30,31)/t15-,16+. The summed E-state index contributed by atoms with van der Waals surface area (Å²) in [7, 11) is 2.15. The number of hydrogen-bond donors (Lipinski definition) is 2. The van der Waals surface area contributed by atoms with Crippen LogP contribution in [0.25, 0.3) is 22.4 Å². The molecule has 1 fully saturated rings. The van der Waals surface area contributed by atoms with Crippen molar-refractivity contribution in [2.75, 3.05) is 30.4 Å². The van der Waals surface area contributed by atoms with Gasteiger partial charge in [-0.05, 0) is 51.2 Å². The maximum absolute atomic E-state index is 12.9. The summed E-state index contributed by atoms with van der Waals surface area (Å²) in [4.78, 5) is 34.1. The lowest BCUT2D eigenvalue weighted by molar-refractivity contribution is 0.102. The number of para-hydroxylation sites is 2. The van der Waals surface area contributed by atoms with Gasteiger partial charge in [0.25, 0.3) is 5.91 Å². The molecule has 8 nitrogen and oxygen atoms in total. The molecule has 2 N–H and O–H groups in total. The van der Waals surface area contributed by atoms with E-state index in [2.05, 4.69) is 55.9 Å². The van der Waals surface area contributed by atoms with Gasteiger partial charge >= 0.3 is 0 Å². The van der Waals surface area contributed by atoms with Gasteiger partial charge in [0.1, 0.15) is 16.8 Å². The van der Waals surface area contributed by atoms with Crippen LogP contribution < -0.4 is 10.2 Å². The van der Waals surface area contributed by atoms with E-state index in [1.807, 2.05) is 30.3 Å². The molecule has 2 atom stereocenters. The molecular formula is C25H26ClN7O. The molecule has 3 aromatic heterocycles. The Hall–Kier alpha value is -3.49. The highest BCUT2D eigenvalue weighted by molar-refractivity contribution is 6.32. The van der Waals surface area contributed by atoms with E-state index in [1.165, 1.54) is 6.20 Å². The second-order valence-corrected chi connectivity index (χ2v) is 9.15. The van der Waals surface area contributed by atoms with Crippen molar-refractivity contribution < 1.29 is 4.79 Å². The molecule has 34 heavy (non-hydrogen) atoms. The van der Waals surface area contributed by atoms with E-state index < -0.39 is 0 Å². The SMILES string of the molecule is C[C@@H]1CN(c2ccc(C(=O)Nc3cnc(Cl)c(-c4nc5ccccc5[nH]4)c3)cn2)C[C@H](C)N1C. The minimum Gasteiger partial charge on any atom is -0.354 e. The van der Waals surface area contributed by atoms with Crippen molar-refractivity contribution in [1.82, 2.24) is 24.8 Å². The third kappa shape index (κ3) is 4.34. The molecule has 1 saturated heterocycles. The zero-order valence-corrected chi connectivity index (χ0v) is 20.0. The molecule has 174 valence electrons. The van der Waals surface area contributed by atoms with Gasteiger partial charge in [-0.2, -0.15) is 0 Å². The molecule has 5 rings (SSSR count). The van der Waals surface area contributed by atoms with Crippen LogP contribution in [0, 0.1) is 0 Å². The predicted molar refractivity (Wildman–Crippen MR) is 135 cm³/mol. The van der Waals surface area contributed by atoms with Gasteiger partial charge in [-0.25, -0.2) is 15.0 Å². The number of halogens is 1. The first kappa shape index (κ1) is 22.3. The van der Waals surface area contributed by atoms with Crippen molar-refractivity contribution in [3.05, 3.63) is 65.6 Å². The largest absolute Gasteiger partial charge is 0.354 e. The van der Waals surface area contributed by atoms with Crippen molar-refractivity contribution >= 4 is 40.0 Å². The van der Waals surface area contributed by atoms with Gasteiger partial charge in [-0.15, -0.1) is 0 Å². The van der Waals surface area contributed by atoms with Crippen molar-refractivity contribution in [1.29, 1.82) is 0 Å². The van der Waals surface area contributed by atoms with Crippen molar-refractivity contribution in [3.63, 3.8) is 0 Å². The molecule has 0 bridgehead atoms. The molecule has 0 aliphatic carbocycles. The molecule has 0 unspecified atom stereocenters. The Morgan fingerprint density at radius 2 is 1.85 bits per heavy atom. The summed E-state index contributed by atoms with van der Waals surface area (Å²) in [6, 6.07) is 14.1. The second kappa shape index (κ2) is 9.04. The van der Waals surface area contributed by atoms with Crippen LogP contribution in [-0.4, -0.2) is 63.0 Å². The highest BCUT2D eigenvalue weighted by atomic mass is 35.5. The molecule has 1 aliphatic heterocycles. The number of aromatic nitrogens is 4. The first-order chi connectivity index (χ1) is 16.4. The van der Waals surface area contributed by atoms with Crippen molar-refractivity contribution in [2.45, 2.75) is 25.9 Å². The van der Waals surface area contributed by atoms with Gasteiger partial charge in [0.05, 0.1) is 34.0 Å². The number of imidazole rings is 1. The molecule has 1 amide bonds. The molecule has 1 aromatic carbocycles. The number of piperazine rings is 1. The highest BCUT2D eigenvalue weighted by Crippen LogP contribution is 2.28. The monoisotopic (exact) mass is 475 g/mol. The van der Waals surface area contributed by atoms with Gasteiger partial charge in [0.15, 0.2) is 0 Å². The van der Waals surface area contributed by atoms with Crippen LogP contribution in [-0.2, 0) is 0 Å². The average Bonchev–Trinajstić information content (AvgIpc) is 3.27. The normalized spacial score (nSPS) is 18.9. The fraction of sp³-hybridized carbons (Fsp3) is 0.280. The number of anilines is 2. The second-order valence-electron chi connectivity index (χ2n) is 8.79. The zero-order valence-electron chi connectivity index (χ0n) is 19.3. The number of nitrogens with one attached hydrogen (secondary N) is 2. The van der Waals surface area contributed by atoms with Crippen LogP contribution in [0.15, 0.2) is 54.9 Å². The van der Waals surface area contributed by atoms with E-state index in [4.69, 9.17) is 11.6 Å². The van der Waals surface area contributed by atoms with E-state index in [0.29, 0.717) is 39.9 Å². The topological polar surface area (TPSA) is 90.0 Å². The van der Waals surface area contributed by atoms with Gasteiger partial charge in [-0.3, -0.25) is 9.69 Å². The predicted octanol–water partition coefficient (Wildman–Crippen LogP) is 4.45. The molecule has 4 heterocycles. The summed E-state index contributed by atoms with van der Waals surface area (Å²) < 4.78 is 0. The smallest absolute Gasteiger partial charge is 0.257 e. The van der Waals surface area contributed by atoms with Crippen LogP contribution in [0.2, 0.25) is 5.15 Å². The maximum Gasteiger partial charge on any atom is 0.257 e. The summed E-state index contributed by atoms with van der Waals surface area (Å²) in [5.74, 6) is 1.21. The molecule has 0 saturated carbocycles. The number of fused-ring (bicyclic) bond motifs is 1. The van der Waals surface area contributed by atoms with E-state index in [1.54, 1.807) is 18.3 Å². The quantitative estimate of drug-likeness (QED) is 0.424. The number of aromatic amines is 1. The maximum atomic E-state index is 12.9. The molecule has 1 aliphatic rings. The summed E-state index contributed by atoms with van der Waals surface area (Å²) >= 11 is 6.33. The Bertz CT molecular complexity index is 1290. The minimum absolute atomic E-state index is 0.265. The minimum atomic E-state index is -0.265. The summed E-state index contributed by atoms with van der Waals surface area (Å²) in [5, 5.41) is 3.19. The van der Waals surface area contributed by atoms with Gasteiger partial charge < -0.3 is 15.2 Å². The van der Waals surface area contributed by atoms with Crippen LogP contribution >= 0.6 is 11.6 Å². The molecular weight excluding hydrogens is 450 g/mol. The summed E-state index contributed by atoms with van der Waals surface area (Å²) in [5.41, 5.74) is 3.34. The number of pyridine rings is 2. The number of nitrogens with zero attached hydrogens (tertiary/aromatic N) is 5. The Morgan fingerprint density at radius 1 is 1.09 bits per heavy atom. The number of benzene rings is 1. The summed E-state index contributed by atoms with van der Waals surface area (Å²) in [6.07, 6.45) is 3.14. The lowest BCUT2D eigenvalue weighted by atomic mass is 10.1. The molecule has 0 radical (unpaired) electrons. The first-order valence-corrected chi connectivity index (χ1v) is 11.6. The Kier molecular flexibility index (Phi) is 5.93. The number of carbonyl (C=O) groups excluding carboxylic acids is 1. The first-order valence-electron chi connectivity index (χ1n) is 11.2. The van der Waals surface area contributed by atoms with Crippen LogP contribution in [0.1, 0.15) is 24.2 Å². The fourth-order valence-corrected chi connectivity index (χ4v) is 4.46. The Labute approximate surface area is 203 Å². The van der Waals surface area contributed by atoms with Crippen LogP contribution in [0.5, 0.6) is 0 Å². The van der Waals surface area contributed by atoms with Crippen LogP contribution in [0.4, 0.5) is 11.5 Å². The number of hydrogen-bond acceptors (Lipinski definition) is 6. The lowest BCUT2D eigenvalue weighted by Crippen LogP contribution is -2.55. The van der Waals surface area contributed by atoms with Gasteiger partial charge in [0.2, 0.25) is 0 Å². The highest BCUT2D eigenvalue weighted by Gasteiger charge is 2.27. The van der Waals surface area contributed by atoms with Crippen molar-refractivity contribution in [2.24, 2.45) is 0 Å². The van der Waals surface area contributed by atoms with E-state index in [0.717, 1.165) is 29.9 Å². The Balaban J connectivity index is 1.32. The number of likely N-dealkylation sites (N-methyl/N-ethyl adjacent to an activating group) is 1. The molecule has 4 aromatic rings. The van der Waals surface area contributed by atoms with Crippen LogP contribution in [0.3, 0.4) is 0 Å². The van der Waals surface area contributed by atoms with E-state index in [9.17, 15) is 4.79 Å². The fourth-order valence-electron chi connectivity index (χ4n) is 4.27. The number of rotatable bonds is 4. The molecule has 0 spiro atoms. The molecule has 9 heteroatoms. The van der Waals surface area contributed by atoms with Gasteiger partial charge in [0, 0.05) is 31.4 Å². The van der Waals surface area contributed by atoms with E-state index in [-0.39, 0.29) is 5.91 Å². The van der Waals surface area contributed by atoms with E-state index >= 15 is 0 Å². The third-order valence-electron chi connectivity index (χ3n) is 6.44. The average molecular weight is 476 g/mol. The summed E-state index contributed by atoms with van der Waals surface area (Å²) in [6.45, 7) is 6.23. The number of H-pyrrole nitrogens is 1. The number of amides is 1. The zero-order chi connectivity index (χ0) is 23.8. The number of carbonyl (C=O) groups is 1. The lowest BCUT2D eigenvalue weighted by Gasteiger charge is -2.43.